The Balaban J connectivity index is 2.53. The van der Waals surface area contributed by atoms with Gasteiger partial charge in [-0.05, 0) is 25.1 Å². The van der Waals surface area contributed by atoms with Crippen molar-refractivity contribution in [1.29, 1.82) is 0 Å². The molecule has 5 N–H and O–H groups in total. The van der Waals surface area contributed by atoms with Crippen molar-refractivity contribution in [2.24, 2.45) is 11.5 Å². The molecule has 0 spiro atoms. The molecule has 0 atom stereocenters. The number of hydrogen-bond acceptors (Lipinski definition) is 2. The predicted molar refractivity (Wildman–Crippen MR) is 41.1 cm³/mol. The van der Waals surface area contributed by atoms with Crippen molar-refractivity contribution >= 4 is 23.2 Å². The van der Waals surface area contributed by atoms with Crippen LogP contribution in [-0.4, -0.2) is 16.6 Å². The number of amides is 1. The maximum atomic E-state index is 10.7. The Hall–Kier alpha value is -0.840. The van der Waals surface area contributed by atoms with Gasteiger partial charge >= 0.3 is 0 Å². The average molecular weight is 159 g/mol. The van der Waals surface area contributed by atoms with Gasteiger partial charge in [-0.3, -0.25) is 4.79 Å². The second-order valence-electron chi connectivity index (χ2n) is 2.44. The second kappa shape index (κ2) is 2.09. The number of rotatable bonds is 2. The summed E-state index contributed by atoms with van der Waals surface area (Å²) in [6.45, 7) is 0. The molecule has 4 nitrogen and oxygen atoms in total. The van der Waals surface area contributed by atoms with Gasteiger partial charge in [0.25, 0.3) is 0 Å². The fraction of sp³-hybridized carbons (Fsp3) is 0.600. The van der Waals surface area contributed by atoms with Crippen molar-refractivity contribution in [3.63, 3.8) is 0 Å². The molecule has 1 aliphatic rings. The normalized spacial score (nSPS) is 19.6. The van der Waals surface area contributed by atoms with Gasteiger partial charge in [0.15, 0.2) is 5.11 Å². The first kappa shape index (κ1) is 7.27. The lowest BCUT2D eigenvalue weighted by molar-refractivity contribution is -0.120. The van der Waals surface area contributed by atoms with Crippen LogP contribution >= 0.6 is 12.2 Å². The standard InChI is InChI=1S/C5H9N3OS/c6-3(9)5(1-2-5)8-4(7)10/h1-2H2,(H2,6,9)(H3,7,8,10). The second-order valence-corrected chi connectivity index (χ2v) is 2.88. The van der Waals surface area contributed by atoms with E-state index in [-0.39, 0.29) is 11.0 Å². The molecule has 0 aromatic rings. The van der Waals surface area contributed by atoms with Crippen LogP contribution in [-0.2, 0) is 4.79 Å². The molecule has 0 unspecified atom stereocenters. The smallest absolute Gasteiger partial charge is 0.243 e. The molecular formula is C5H9N3OS. The van der Waals surface area contributed by atoms with Gasteiger partial charge in [0, 0.05) is 0 Å². The van der Waals surface area contributed by atoms with E-state index in [0.717, 1.165) is 12.8 Å². The Labute approximate surface area is 63.9 Å². The lowest BCUT2D eigenvalue weighted by Crippen LogP contribution is -2.48. The minimum absolute atomic E-state index is 0.135. The number of primary amides is 1. The minimum atomic E-state index is -0.605. The molecule has 0 aromatic carbocycles. The fourth-order valence-corrected chi connectivity index (χ4v) is 0.989. The fourth-order valence-electron chi connectivity index (χ4n) is 0.794. The van der Waals surface area contributed by atoms with Crippen LogP contribution < -0.4 is 16.8 Å². The van der Waals surface area contributed by atoms with Gasteiger partial charge in [-0.15, -0.1) is 0 Å². The van der Waals surface area contributed by atoms with E-state index < -0.39 is 5.54 Å². The number of hydrogen-bond donors (Lipinski definition) is 3. The van der Waals surface area contributed by atoms with Crippen molar-refractivity contribution in [1.82, 2.24) is 5.32 Å². The summed E-state index contributed by atoms with van der Waals surface area (Å²) in [6, 6.07) is 0. The third-order valence-electron chi connectivity index (χ3n) is 1.58. The molecular weight excluding hydrogens is 150 g/mol. The molecule has 0 saturated heterocycles. The Morgan fingerprint density at radius 3 is 2.10 bits per heavy atom. The van der Waals surface area contributed by atoms with Crippen molar-refractivity contribution in [2.75, 3.05) is 0 Å². The Morgan fingerprint density at radius 2 is 2.00 bits per heavy atom. The molecule has 0 bridgehead atoms. The summed E-state index contributed by atoms with van der Waals surface area (Å²) < 4.78 is 0. The predicted octanol–water partition coefficient (Wildman–Crippen LogP) is -1.16. The molecule has 56 valence electrons. The zero-order chi connectivity index (χ0) is 7.78. The van der Waals surface area contributed by atoms with Gasteiger partial charge in [0.1, 0.15) is 5.54 Å². The number of nitrogens with one attached hydrogen (secondary N) is 1. The summed E-state index contributed by atoms with van der Waals surface area (Å²) in [7, 11) is 0. The Kier molecular flexibility index (Phi) is 1.52. The zero-order valence-electron chi connectivity index (χ0n) is 5.39. The molecule has 0 radical (unpaired) electrons. The van der Waals surface area contributed by atoms with Crippen LogP contribution in [0.15, 0.2) is 0 Å². The van der Waals surface area contributed by atoms with Crippen LogP contribution in [0.1, 0.15) is 12.8 Å². The van der Waals surface area contributed by atoms with Crippen molar-refractivity contribution < 1.29 is 4.79 Å². The summed E-state index contributed by atoms with van der Waals surface area (Å²) in [6.07, 6.45) is 1.47. The average Bonchev–Trinajstić information content (AvgIpc) is 2.46. The monoisotopic (exact) mass is 159 g/mol. The highest BCUT2D eigenvalue weighted by molar-refractivity contribution is 7.80. The molecule has 0 aliphatic heterocycles. The number of nitrogens with two attached hydrogens (primary N) is 2. The molecule has 1 saturated carbocycles. The molecule has 0 heterocycles. The molecule has 1 amide bonds. The van der Waals surface area contributed by atoms with E-state index in [1.54, 1.807) is 0 Å². The van der Waals surface area contributed by atoms with Gasteiger partial charge in [0.05, 0.1) is 0 Å². The van der Waals surface area contributed by atoms with E-state index in [2.05, 4.69) is 17.5 Å². The molecule has 1 rings (SSSR count). The highest BCUT2D eigenvalue weighted by atomic mass is 32.1. The third-order valence-corrected chi connectivity index (χ3v) is 1.69. The van der Waals surface area contributed by atoms with Crippen LogP contribution in [0.3, 0.4) is 0 Å². The Morgan fingerprint density at radius 1 is 1.50 bits per heavy atom. The van der Waals surface area contributed by atoms with Crippen LogP contribution in [0, 0.1) is 0 Å². The molecule has 1 fully saturated rings. The van der Waals surface area contributed by atoms with Gasteiger partial charge in [-0.1, -0.05) is 0 Å². The van der Waals surface area contributed by atoms with E-state index in [4.69, 9.17) is 11.5 Å². The zero-order valence-corrected chi connectivity index (χ0v) is 6.20. The SMILES string of the molecule is NC(=O)C1(NC(N)=S)CC1. The van der Waals surface area contributed by atoms with Crippen molar-refractivity contribution in [3.8, 4) is 0 Å². The molecule has 1 aliphatic carbocycles. The molecule has 0 aromatic heterocycles. The van der Waals surface area contributed by atoms with E-state index in [1.807, 2.05) is 0 Å². The number of thiocarbonyl (C=S) groups is 1. The van der Waals surface area contributed by atoms with Crippen LogP contribution in [0.4, 0.5) is 0 Å². The molecule has 10 heavy (non-hydrogen) atoms. The number of carbonyl (C=O) groups excluding carboxylic acids is 1. The quantitative estimate of drug-likeness (QED) is 0.444. The van der Waals surface area contributed by atoms with Gasteiger partial charge < -0.3 is 16.8 Å². The first-order valence-electron chi connectivity index (χ1n) is 2.94. The lowest BCUT2D eigenvalue weighted by Gasteiger charge is -2.11. The minimum Gasteiger partial charge on any atom is -0.376 e. The summed E-state index contributed by atoms with van der Waals surface area (Å²) in [4.78, 5) is 10.7. The van der Waals surface area contributed by atoms with Crippen LogP contribution in [0.5, 0.6) is 0 Å². The van der Waals surface area contributed by atoms with Gasteiger partial charge in [0.2, 0.25) is 5.91 Å². The maximum Gasteiger partial charge on any atom is 0.243 e. The summed E-state index contributed by atoms with van der Waals surface area (Å²) in [5.74, 6) is -0.375. The third kappa shape index (κ3) is 1.18. The largest absolute Gasteiger partial charge is 0.376 e. The highest BCUT2D eigenvalue weighted by Crippen LogP contribution is 2.34. The topological polar surface area (TPSA) is 81.1 Å². The summed E-state index contributed by atoms with van der Waals surface area (Å²) >= 11 is 4.56. The van der Waals surface area contributed by atoms with Crippen molar-refractivity contribution in [3.05, 3.63) is 0 Å². The highest BCUT2D eigenvalue weighted by Gasteiger charge is 2.48. The first-order chi connectivity index (χ1) is 4.57. The molecule has 5 heteroatoms. The summed E-state index contributed by atoms with van der Waals surface area (Å²) in [5.41, 5.74) is 9.63. The summed E-state index contributed by atoms with van der Waals surface area (Å²) in [5, 5.41) is 2.80. The van der Waals surface area contributed by atoms with E-state index in [1.165, 1.54) is 0 Å². The number of carbonyl (C=O) groups is 1. The van der Waals surface area contributed by atoms with E-state index in [0.29, 0.717) is 0 Å². The van der Waals surface area contributed by atoms with E-state index in [9.17, 15) is 4.79 Å². The first-order valence-corrected chi connectivity index (χ1v) is 3.35. The van der Waals surface area contributed by atoms with Gasteiger partial charge in [-0.2, -0.15) is 0 Å². The van der Waals surface area contributed by atoms with Gasteiger partial charge in [-0.25, -0.2) is 0 Å². The van der Waals surface area contributed by atoms with E-state index >= 15 is 0 Å². The van der Waals surface area contributed by atoms with Crippen LogP contribution in [0.2, 0.25) is 0 Å². The van der Waals surface area contributed by atoms with Crippen LogP contribution in [0.25, 0.3) is 0 Å². The lowest BCUT2D eigenvalue weighted by atomic mass is 10.3. The maximum absolute atomic E-state index is 10.7. The van der Waals surface area contributed by atoms with Crippen molar-refractivity contribution in [2.45, 2.75) is 18.4 Å². The Bertz CT molecular complexity index is 187.